The van der Waals surface area contributed by atoms with Crippen LogP contribution in [0.5, 0.6) is 11.5 Å². The molecule has 0 spiro atoms. The van der Waals surface area contributed by atoms with E-state index in [0.29, 0.717) is 23.6 Å². The zero-order valence-electron chi connectivity index (χ0n) is 11.4. The fraction of sp³-hybridized carbons (Fsp3) is 0.500. The Morgan fingerprint density at radius 3 is 2.32 bits per heavy atom. The molecule has 19 heavy (non-hydrogen) atoms. The molecule has 1 rings (SSSR count). The first-order valence-corrected chi connectivity index (χ1v) is 7.60. The maximum atomic E-state index is 11.8. The molecule has 1 aromatic carbocycles. The molecule has 0 aliphatic carbocycles. The number of ether oxygens (including phenoxy) is 2. The Bertz CT molecular complexity index is 529. The van der Waals surface area contributed by atoms with Crippen molar-refractivity contribution < 1.29 is 17.9 Å². The van der Waals surface area contributed by atoms with Gasteiger partial charge in [0.25, 0.3) is 0 Å². The third-order valence-electron chi connectivity index (χ3n) is 2.59. The van der Waals surface area contributed by atoms with Gasteiger partial charge in [-0.2, -0.15) is 0 Å². The predicted octanol–water partition coefficient (Wildman–Crippen LogP) is 1.83. The Kier molecular flexibility index (Phi) is 5.29. The molecule has 0 saturated heterocycles. The van der Waals surface area contributed by atoms with E-state index in [0.717, 1.165) is 6.42 Å². The van der Waals surface area contributed by atoms with E-state index in [1.807, 2.05) is 6.92 Å². The fourth-order valence-corrected chi connectivity index (χ4v) is 2.82. The molecular formula is C12H20N2O4S. The van der Waals surface area contributed by atoms with Crippen LogP contribution < -0.4 is 19.9 Å². The molecule has 3 N–H and O–H groups in total. The number of sulfonamides is 1. The predicted molar refractivity (Wildman–Crippen MR) is 76.3 cm³/mol. The molecule has 0 heterocycles. The van der Waals surface area contributed by atoms with Crippen LogP contribution in [0, 0.1) is 0 Å². The first-order valence-electron chi connectivity index (χ1n) is 5.95. The number of nitrogen functional groups attached to an aromatic ring is 1. The van der Waals surface area contributed by atoms with Gasteiger partial charge in [0.1, 0.15) is 0 Å². The van der Waals surface area contributed by atoms with Gasteiger partial charge in [0, 0.05) is 12.1 Å². The Labute approximate surface area is 113 Å². The van der Waals surface area contributed by atoms with Gasteiger partial charge in [0.2, 0.25) is 10.0 Å². The number of benzene rings is 1. The molecule has 7 heteroatoms. The monoisotopic (exact) mass is 288 g/mol. The molecule has 0 atom stereocenters. The zero-order chi connectivity index (χ0) is 14.5. The van der Waals surface area contributed by atoms with Crippen LogP contribution in [0.25, 0.3) is 0 Å². The van der Waals surface area contributed by atoms with Crippen molar-refractivity contribution in [1.29, 1.82) is 0 Å². The third-order valence-corrected chi connectivity index (χ3v) is 3.94. The molecule has 0 aliphatic heterocycles. The summed E-state index contributed by atoms with van der Waals surface area (Å²) in [6.07, 6.45) is 1.41. The van der Waals surface area contributed by atoms with E-state index < -0.39 is 10.0 Å². The lowest BCUT2D eigenvalue weighted by Gasteiger charge is -2.14. The van der Waals surface area contributed by atoms with Crippen molar-refractivity contribution >= 4 is 21.4 Å². The molecule has 1 aromatic rings. The molecule has 0 radical (unpaired) electrons. The summed E-state index contributed by atoms with van der Waals surface area (Å²) in [5.74, 6) is 0.943. The van der Waals surface area contributed by atoms with E-state index in [1.54, 1.807) is 0 Å². The second-order valence-electron chi connectivity index (χ2n) is 4.07. The van der Waals surface area contributed by atoms with Crippen LogP contribution in [0.2, 0.25) is 0 Å². The average Bonchev–Trinajstić information content (AvgIpc) is 2.38. The Balaban J connectivity index is 3.01. The first kappa shape index (κ1) is 15.4. The number of anilines is 2. The van der Waals surface area contributed by atoms with Crippen molar-refractivity contribution in [1.82, 2.24) is 0 Å². The number of hydrogen-bond donors (Lipinski definition) is 2. The molecule has 0 fully saturated rings. The highest BCUT2D eigenvalue weighted by Crippen LogP contribution is 2.35. The van der Waals surface area contributed by atoms with Crippen molar-refractivity contribution in [2.75, 3.05) is 30.4 Å². The van der Waals surface area contributed by atoms with Gasteiger partial charge in [0.15, 0.2) is 11.5 Å². The van der Waals surface area contributed by atoms with Crippen molar-refractivity contribution in [3.05, 3.63) is 12.1 Å². The van der Waals surface area contributed by atoms with Crippen LogP contribution in [0.4, 0.5) is 11.4 Å². The highest BCUT2D eigenvalue weighted by atomic mass is 32.2. The van der Waals surface area contributed by atoms with Gasteiger partial charge >= 0.3 is 0 Å². The minimum atomic E-state index is -3.39. The maximum absolute atomic E-state index is 11.8. The second kappa shape index (κ2) is 6.51. The van der Waals surface area contributed by atoms with E-state index in [9.17, 15) is 8.42 Å². The Morgan fingerprint density at radius 1 is 1.21 bits per heavy atom. The third kappa shape index (κ3) is 4.20. The van der Waals surface area contributed by atoms with Crippen LogP contribution in [-0.4, -0.2) is 28.4 Å². The zero-order valence-corrected chi connectivity index (χ0v) is 12.2. The molecule has 0 bridgehead atoms. The van der Waals surface area contributed by atoms with Crippen molar-refractivity contribution in [3.8, 4) is 11.5 Å². The van der Waals surface area contributed by atoms with Gasteiger partial charge < -0.3 is 15.2 Å². The van der Waals surface area contributed by atoms with Crippen molar-refractivity contribution in [2.24, 2.45) is 0 Å². The summed E-state index contributed by atoms with van der Waals surface area (Å²) >= 11 is 0. The summed E-state index contributed by atoms with van der Waals surface area (Å²) in [5.41, 5.74) is 6.38. The van der Waals surface area contributed by atoms with Gasteiger partial charge in [-0.1, -0.05) is 13.3 Å². The SMILES string of the molecule is CCCCS(=O)(=O)Nc1cc(OC)c(OC)cc1N. The minimum Gasteiger partial charge on any atom is -0.493 e. The molecule has 0 aliphatic rings. The number of rotatable bonds is 7. The van der Waals surface area contributed by atoms with Crippen LogP contribution >= 0.6 is 0 Å². The molecule has 6 nitrogen and oxygen atoms in total. The number of hydrogen-bond acceptors (Lipinski definition) is 5. The van der Waals surface area contributed by atoms with Gasteiger partial charge in [-0.05, 0) is 6.42 Å². The van der Waals surface area contributed by atoms with Gasteiger partial charge in [-0.15, -0.1) is 0 Å². The molecular weight excluding hydrogens is 268 g/mol. The van der Waals surface area contributed by atoms with Crippen molar-refractivity contribution in [3.63, 3.8) is 0 Å². The molecule has 108 valence electrons. The highest BCUT2D eigenvalue weighted by molar-refractivity contribution is 7.92. The molecule has 0 amide bonds. The topological polar surface area (TPSA) is 90.7 Å². The molecule has 0 unspecified atom stereocenters. The fourth-order valence-electron chi connectivity index (χ4n) is 1.54. The number of methoxy groups -OCH3 is 2. The highest BCUT2D eigenvalue weighted by Gasteiger charge is 2.15. The number of nitrogens with one attached hydrogen (secondary N) is 1. The van der Waals surface area contributed by atoms with E-state index in [-0.39, 0.29) is 11.4 Å². The van der Waals surface area contributed by atoms with Gasteiger partial charge in [-0.25, -0.2) is 8.42 Å². The average molecular weight is 288 g/mol. The summed E-state index contributed by atoms with van der Waals surface area (Å²) in [7, 11) is -0.426. The summed E-state index contributed by atoms with van der Waals surface area (Å²) in [6, 6.07) is 3.04. The second-order valence-corrected chi connectivity index (χ2v) is 5.91. The van der Waals surface area contributed by atoms with Crippen LogP contribution in [-0.2, 0) is 10.0 Å². The van der Waals surface area contributed by atoms with Crippen LogP contribution in [0.15, 0.2) is 12.1 Å². The summed E-state index contributed by atoms with van der Waals surface area (Å²) in [5, 5.41) is 0. The Hall–Kier alpha value is -1.63. The lowest BCUT2D eigenvalue weighted by molar-refractivity contribution is 0.355. The number of nitrogens with two attached hydrogens (primary N) is 1. The van der Waals surface area contributed by atoms with Crippen LogP contribution in [0.3, 0.4) is 0 Å². The first-order chi connectivity index (χ1) is 8.93. The lowest BCUT2D eigenvalue weighted by atomic mass is 10.2. The normalized spacial score (nSPS) is 11.1. The van der Waals surface area contributed by atoms with Crippen LogP contribution in [0.1, 0.15) is 19.8 Å². The molecule has 0 saturated carbocycles. The van der Waals surface area contributed by atoms with Gasteiger partial charge in [0.05, 0.1) is 31.3 Å². The van der Waals surface area contributed by atoms with E-state index >= 15 is 0 Å². The summed E-state index contributed by atoms with van der Waals surface area (Å²) in [6.45, 7) is 1.93. The lowest BCUT2D eigenvalue weighted by Crippen LogP contribution is -2.17. The maximum Gasteiger partial charge on any atom is 0.232 e. The van der Waals surface area contributed by atoms with Gasteiger partial charge in [-0.3, -0.25) is 4.72 Å². The summed E-state index contributed by atoms with van der Waals surface area (Å²) < 4.78 is 36.3. The quantitative estimate of drug-likeness (QED) is 0.747. The minimum absolute atomic E-state index is 0.0668. The standard InChI is InChI=1S/C12H20N2O4S/c1-4-5-6-19(15,16)14-10-8-12(18-3)11(17-2)7-9(10)13/h7-8,14H,4-6,13H2,1-3H3. The largest absolute Gasteiger partial charge is 0.493 e. The number of unbranched alkanes of at least 4 members (excludes halogenated alkanes) is 1. The Morgan fingerprint density at radius 2 is 1.79 bits per heavy atom. The summed E-state index contributed by atoms with van der Waals surface area (Å²) in [4.78, 5) is 0. The van der Waals surface area contributed by atoms with E-state index in [4.69, 9.17) is 15.2 Å². The van der Waals surface area contributed by atoms with E-state index in [1.165, 1.54) is 26.4 Å². The smallest absolute Gasteiger partial charge is 0.232 e. The molecule has 0 aromatic heterocycles. The van der Waals surface area contributed by atoms with E-state index in [2.05, 4.69) is 4.72 Å². The van der Waals surface area contributed by atoms with Crippen molar-refractivity contribution in [2.45, 2.75) is 19.8 Å².